The summed E-state index contributed by atoms with van der Waals surface area (Å²) < 4.78 is 39.2. The Hall–Kier alpha value is -0.210. The Bertz CT molecular complexity index is 418. The van der Waals surface area contributed by atoms with E-state index in [2.05, 4.69) is 36.6 Å². The van der Waals surface area contributed by atoms with Crippen molar-refractivity contribution >= 4 is 49.4 Å². The van der Waals surface area contributed by atoms with Gasteiger partial charge in [-0.05, 0) is 22.0 Å². The van der Waals surface area contributed by atoms with E-state index in [9.17, 15) is 18.0 Å². The van der Waals surface area contributed by atoms with E-state index in [4.69, 9.17) is 16.7 Å². The summed E-state index contributed by atoms with van der Waals surface area (Å²) in [4.78, 5) is 10.9. The minimum atomic E-state index is -4.54. The Morgan fingerprint density at radius 3 is 2.61 bits per heavy atom. The molecule has 2 unspecified atom stereocenters. The zero-order valence-corrected chi connectivity index (χ0v) is 12.4. The molecule has 102 valence electrons. The molecular weight excluding hydrogens is 408 g/mol. The SMILES string of the molecule is O=C(O)C1C=CC(Br)=C(OCC(F)(F)F)C1(Cl)Br. The van der Waals surface area contributed by atoms with E-state index in [1.807, 2.05) is 0 Å². The molecule has 1 aliphatic carbocycles. The van der Waals surface area contributed by atoms with Crippen LogP contribution in [0.15, 0.2) is 22.4 Å². The standard InChI is InChI=1S/C9H6Br2ClF3O3/c10-5-2-1-4(7(16)17)9(11,12)6(5)18-3-8(13,14)15/h1-2,4H,3H2,(H,16,17). The van der Waals surface area contributed by atoms with E-state index in [0.717, 1.165) is 0 Å². The molecule has 1 rings (SSSR count). The fourth-order valence-corrected chi connectivity index (χ4v) is 3.19. The number of ether oxygens (including phenoxy) is 1. The number of carboxylic acid groups (broad SMARTS) is 1. The second kappa shape index (κ2) is 5.42. The van der Waals surface area contributed by atoms with Crippen molar-refractivity contribution in [2.75, 3.05) is 6.61 Å². The number of alkyl halides is 5. The van der Waals surface area contributed by atoms with Gasteiger partial charge in [0, 0.05) is 0 Å². The van der Waals surface area contributed by atoms with Gasteiger partial charge in [0.05, 0.1) is 4.48 Å². The third-order valence-electron chi connectivity index (χ3n) is 1.99. The van der Waals surface area contributed by atoms with Crippen LogP contribution < -0.4 is 0 Å². The lowest BCUT2D eigenvalue weighted by atomic mass is 9.99. The van der Waals surface area contributed by atoms with Crippen molar-refractivity contribution in [3.63, 3.8) is 0 Å². The molecule has 0 spiro atoms. The molecule has 0 radical (unpaired) electrons. The Morgan fingerprint density at radius 1 is 1.61 bits per heavy atom. The fourth-order valence-electron chi connectivity index (χ4n) is 1.23. The first-order chi connectivity index (χ1) is 8.05. The Kier molecular flexibility index (Phi) is 4.77. The van der Waals surface area contributed by atoms with E-state index in [1.165, 1.54) is 12.2 Å². The first-order valence-corrected chi connectivity index (χ1v) is 6.40. The highest BCUT2D eigenvalue weighted by Crippen LogP contribution is 2.47. The van der Waals surface area contributed by atoms with Gasteiger partial charge in [0.25, 0.3) is 0 Å². The summed E-state index contributed by atoms with van der Waals surface area (Å²) in [5, 5.41) is 8.92. The van der Waals surface area contributed by atoms with Crippen LogP contribution in [0.4, 0.5) is 13.2 Å². The van der Waals surface area contributed by atoms with E-state index in [0.29, 0.717) is 0 Å². The maximum absolute atomic E-state index is 12.1. The number of aliphatic carboxylic acids is 1. The number of halogens is 6. The lowest BCUT2D eigenvalue weighted by Crippen LogP contribution is -2.36. The second-order valence-electron chi connectivity index (χ2n) is 3.38. The molecule has 0 saturated heterocycles. The molecule has 0 fully saturated rings. The topological polar surface area (TPSA) is 46.5 Å². The van der Waals surface area contributed by atoms with E-state index < -0.39 is 28.5 Å². The molecule has 9 heteroatoms. The molecular formula is C9H6Br2ClF3O3. The summed E-state index contributed by atoms with van der Waals surface area (Å²) in [5.74, 6) is -2.86. The van der Waals surface area contributed by atoms with Crippen LogP contribution in [0.3, 0.4) is 0 Å². The number of carboxylic acids is 1. The Morgan fingerprint density at radius 2 is 2.17 bits per heavy atom. The van der Waals surface area contributed by atoms with Gasteiger partial charge in [0.2, 0.25) is 0 Å². The molecule has 0 aromatic rings. The van der Waals surface area contributed by atoms with Crippen molar-refractivity contribution in [1.82, 2.24) is 0 Å². The highest BCUT2D eigenvalue weighted by atomic mass is 79.9. The molecule has 2 atom stereocenters. The monoisotopic (exact) mass is 412 g/mol. The second-order valence-corrected chi connectivity index (χ2v) is 6.54. The van der Waals surface area contributed by atoms with Gasteiger partial charge in [0.1, 0.15) is 11.7 Å². The van der Waals surface area contributed by atoms with Crippen LogP contribution in [0, 0.1) is 5.92 Å². The third kappa shape index (κ3) is 3.64. The first kappa shape index (κ1) is 15.8. The maximum Gasteiger partial charge on any atom is 0.422 e. The van der Waals surface area contributed by atoms with Crippen molar-refractivity contribution in [2.24, 2.45) is 5.92 Å². The molecule has 1 N–H and O–H groups in total. The van der Waals surface area contributed by atoms with Crippen LogP contribution in [0.1, 0.15) is 0 Å². The lowest BCUT2D eigenvalue weighted by Gasteiger charge is -2.31. The van der Waals surface area contributed by atoms with Crippen LogP contribution in [0.5, 0.6) is 0 Å². The van der Waals surface area contributed by atoms with Crippen molar-refractivity contribution in [3.05, 3.63) is 22.4 Å². The van der Waals surface area contributed by atoms with E-state index in [1.54, 1.807) is 0 Å². The minimum Gasteiger partial charge on any atom is -0.484 e. The quantitative estimate of drug-likeness (QED) is 0.716. The predicted molar refractivity (Wildman–Crippen MR) is 65.7 cm³/mol. The average molecular weight is 414 g/mol. The molecule has 0 aliphatic heterocycles. The molecule has 0 amide bonds. The highest BCUT2D eigenvalue weighted by Gasteiger charge is 2.47. The Balaban J connectivity index is 2.99. The fraction of sp³-hybridized carbons (Fsp3) is 0.444. The summed E-state index contributed by atoms with van der Waals surface area (Å²) in [5.41, 5.74) is 0. The molecule has 0 aromatic heterocycles. The molecule has 18 heavy (non-hydrogen) atoms. The van der Waals surface area contributed by atoms with Crippen molar-refractivity contribution in [1.29, 1.82) is 0 Å². The molecule has 0 saturated carbocycles. The minimum absolute atomic E-state index is 0.149. The molecule has 0 heterocycles. The van der Waals surface area contributed by atoms with Gasteiger partial charge in [-0.1, -0.05) is 33.6 Å². The number of rotatable bonds is 3. The van der Waals surface area contributed by atoms with Gasteiger partial charge in [-0.15, -0.1) is 0 Å². The predicted octanol–water partition coefficient (Wildman–Crippen LogP) is 3.77. The van der Waals surface area contributed by atoms with E-state index in [-0.39, 0.29) is 10.2 Å². The summed E-state index contributed by atoms with van der Waals surface area (Å²) >= 11 is 11.8. The molecule has 3 nitrogen and oxygen atoms in total. The maximum atomic E-state index is 12.1. The van der Waals surface area contributed by atoms with Gasteiger partial charge < -0.3 is 9.84 Å². The zero-order chi connectivity index (χ0) is 14.1. The van der Waals surface area contributed by atoms with Crippen LogP contribution in [-0.2, 0) is 9.53 Å². The van der Waals surface area contributed by atoms with Crippen LogP contribution in [0.25, 0.3) is 0 Å². The smallest absolute Gasteiger partial charge is 0.422 e. The zero-order valence-electron chi connectivity index (χ0n) is 8.47. The Labute approximate surface area is 122 Å². The van der Waals surface area contributed by atoms with Crippen LogP contribution in [0.2, 0.25) is 0 Å². The summed E-state index contributed by atoms with van der Waals surface area (Å²) in [6.07, 6.45) is -2.01. The average Bonchev–Trinajstić information content (AvgIpc) is 2.13. The largest absolute Gasteiger partial charge is 0.484 e. The van der Waals surface area contributed by atoms with Crippen molar-refractivity contribution in [3.8, 4) is 0 Å². The molecule has 0 bridgehead atoms. The van der Waals surface area contributed by atoms with Crippen molar-refractivity contribution < 1.29 is 27.8 Å². The van der Waals surface area contributed by atoms with Gasteiger partial charge in [-0.2, -0.15) is 13.2 Å². The molecule has 0 aromatic carbocycles. The van der Waals surface area contributed by atoms with Gasteiger partial charge >= 0.3 is 12.1 Å². The van der Waals surface area contributed by atoms with Crippen LogP contribution in [-0.4, -0.2) is 27.6 Å². The number of allylic oxidation sites excluding steroid dienone is 3. The molecule has 1 aliphatic rings. The first-order valence-electron chi connectivity index (χ1n) is 4.44. The lowest BCUT2D eigenvalue weighted by molar-refractivity contribution is -0.166. The number of hydrogen-bond acceptors (Lipinski definition) is 2. The summed E-state index contributed by atoms with van der Waals surface area (Å²) in [7, 11) is 0. The number of carbonyl (C=O) groups is 1. The normalized spacial score (nSPS) is 28.4. The van der Waals surface area contributed by atoms with Crippen molar-refractivity contribution in [2.45, 2.75) is 9.96 Å². The van der Waals surface area contributed by atoms with Gasteiger partial charge in [0.15, 0.2) is 10.4 Å². The third-order valence-corrected chi connectivity index (χ3v) is 3.88. The van der Waals surface area contributed by atoms with Crippen LogP contribution >= 0.6 is 43.5 Å². The summed E-state index contributed by atoms with van der Waals surface area (Å²) in [6, 6.07) is 0. The van der Waals surface area contributed by atoms with E-state index >= 15 is 0 Å². The highest BCUT2D eigenvalue weighted by molar-refractivity contribution is 9.12. The number of hydrogen-bond donors (Lipinski definition) is 1. The van der Waals surface area contributed by atoms with Gasteiger partial charge in [-0.25, -0.2) is 0 Å². The summed E-state index contributed by atoms with van der Waals surface area (Å²) in [6.45, 7) is -1.56. The van der Waals surface area contributed by atoms with Gasteiger partial charge in [-0.3, -0.25) is 4.79 Å².